The fourth-order valence-corrected chi connectivity index (χ4v) is 11.0. The van der Waals surface area contributed by atoms with Gasteiger partial charge < -0.3 is 30.6 Å². The van der Waals surface area contributed by atoms with Crippen LogP contribution in [0.1, 0.15) is 104 Å². The number of aliphatic carboxylic acids is 1. The van der Waals surface area contributed by atoms with Crippen molar-refractivity contribution >= 4 is 57.8 Å². The maximum Gasteiger partial charge on any atom is 0.306 e. The van der Waals surface area contributed by atoms with E-state index in [1.165, 1.54) is 4.90 Å². The molecule has 15 nitrogen and oxygen atoms in total. The van der Waals surface area contributed by atoms with Crippen LogP contribution in [-0.4, -0.2) is 102 Å². The van der Waals surface area contributed by atoms with E-state index in [0.717, 1.165) is 54.0 Å². The number of β-amino-alcohol motifs (C(OH)–C–C–N with tert-alkyl or cyclic N) is 1. The molecule has 17 heteroatoms. The summed E-state index contributed by atoms with van der Waals surface area (Å²) in [6.07, 6.45) is -0.435. The fraction of sp³-hybridized carbons (Fsp3) is 0.447. The Kier molecular flexibility index (Phi) is 12.4. The van der Waals surface area contributed by atoms with Crippen molar-refractivity contribution in [2.24, 2.45) is 16.3 Å². The van der Waals surface area contributed by atoms with Crippen LogP contribution in [0.5, 0.6) is 0 Å². The highest BCUT2D eigenvalue weighted by Crippen LogP contribution is 2.40. The van der Waals surface area contributed by atoms with Crippen molar-refractivity contribution in [3.8, 4) is 15.4 Å². The summed E-state index contributed by atoms with van der Waals surface area (Å²) in [6.45, 7) is 16.5. The molecule has 5 aromatic rings. The van der Waals surface area contributed by atoms with E-state index in [1.54, 1.807) is 22.7 Å². The number of aliphatic hydroxyl groups excluding tert-OH is 1. The molecule has 336 valence electrons. The highest BCUT2D eigenvalue weighted by atomic mass is 32.1. The third-order valence-electron chi connectivity index (χ3n) is 12.7. The Bertz CT molecular complexity index is 2630. The van der Waals surface area contributed by atoms with Crippen LogP contribution in [-0.2, 0) is 19.2 Å². The number of carboxylic acids is 1. The van der Waals surface area contributed by atoms with Gasteiger partial charge in [0.25, 0.3) is 0 Å². The van der Waals surface area contributed by atoms with Gasteiger partial charge in [0.2, 0.25) is 17.7 Å². The average molecular weight is 906 g/mol. The number of aromatic nitrogens is 4. The molecule has 3 amide bonds. The van der Waals surface area contributed by atoms with Crippen LogP contribution in [0.25, 0.3) is 15.4 Å². The Labute approximate surface area is 380 Å². The molecular weight excluding hydrogens is 851 g/mol. The van der Waals surface area contributed by atoms with Crippen molar-refractivity contribution < 1.29 is 29.4 Å². The van der Waals surface area contributed by atoms with Gasteiger partial charge in [0.15, 0.2) is 5.82 Å². The van der Waals surface area contributed by atoms with Gasteiger partial charge in [-0.2, -0.15) is 0 Å². The number of thiophene rings is 1. The number of nitrogens with one attached hydrogen (secondary N) is 2. The first-order valence-corrected chi connectivity index (χ1v) is 23.4. The third kappa shape index (κ3) is 8.72. The molecule has 6 heterocycles. The number of hydrogen-bond donors (Lipinski definition) is 4. The van der Waals surface area contributed by atoms with Gasteiger partial charge in [-0.3, -0.25) is 28.7 Å². The molecule has 3 aliphatic rings. The number of rotatable bonds is 11. The molecule has 2 aromatic carbocycles. The second-order valence-corrected chi connectivity index (χ2v) is 20.4. The molecule has 8 rings (SSSR count). The Balaban J connectivity index is 0.938. The van der Waals surface area contributed by atoms with Crippen LogP contribution < -0.4 is 15.5 Å². The number of carbonyl (C=O) groups is 4. The minimum absolute atomic E-state index is 0.00963. The highest BCUT2D eigenvalue weighted by molar-refractivity contribution is 7.15. The number of aryl methyl sites for hydroxylation is 3. The summed E-state index contributed by atoms with van der Waals surface area (Å²) in [7, 11) is 0. The summed E-state index contributed by atoms with van der Waals surface area (Å²) in [6, 6.07) is 13.0. The Morgan fingerprint density at radius 2 is 1.62 bits per heavy atom. The molecule has 0 bridgehead atoms. The van der Waals surface area contributed by atoms with Crippen LogP contribution in [0.3, 0.4) is 0 Å². The van der Waals surface area contributed by atoms with Crippen LogP contribution in [0.15, 0.2) is 59.0 Å². The lowest BCUT2D eigenvalue weighted by Crippen LogP contribution is -2.58. The smallest absolute Gasteiger partial charge is 0.306 e. The first-order valence-electron chi connectivity index (χ1n) is 21.7. The van der Waals surface area contributed by atoms with E-state index >= 15 is 0 Å². The van der Waals surface area contributed by atoms with Crippen LogP contribution in [0, 0.1) is 39.0 Å². The second kappa shape index (κ2) is 17.7. The van der Waals surface area contributed by atoms with Crippen molar-refractivity contribution in [3.05, 3.63) is 98.5 Å². The van der Waals surface area contributed by atoms with Gasteiger partial charge in [-0.15, -0.1) is 32.9 Å². The molecule has 3 aliphatic heterocycles. The first kappa shape index (κ1) is 44.8. The summed E-state index contributed by atoms with van der Waals surface area (Å²) in [5, 5.41) is 36.3. The zero-order chi connectivity index (χ0) is 45.8. The van der Waals surface area contributed by atoms with Gasteiger partial charge in [-0.25, -0.2) is 4.98 Å². The van der Waals surface area contributed by atoms with Crippen LogP contribution in [0.4, 0.5) is 5.69 Å². The number of amides is 3. The van der Waals surface area contributed by atoms with E-state index in [4.69, 9.17) is 4.99 Å². The van der Waals surface area contributed by atoms with Crippen molar-refractivity contribution in [3.63, 3.8) is 0 Å². The number of benzene rings is 2. The maximum atomic E-state index is 14.4. The molecular formula is C47H55N9O6S2. The number of carboxylic acid groups (broad SMARTS) is 1. The molecule has 0 aliphatic carbocycles. The van der Waals surface area contributed by atoms with E-state index in [9.17, 15) is 29.4 Å². The summed E-state index contributed by atoms with van der Waals surface area (Å²) in [4.78, 5) is 69.4. The largest absolute Gasteiger partial charge is 0.481 e. The maximum absolute atomic E-state index is 14.4. The average Bonchev–Trinajstić information content (AvgIpc) is 4.10. The molecule has 0 radical (unpaired) electrons. The predicted molar refractivity (Wildman–Crippen MR) is 247 cm³/mol. The van der Waals surface area contributed by atoms with E-state index < -0.39 is 47.4 Å². The monoisotopic (exact) mass is 905 g/mol. The van der Waals surface area contributed by atoms with Crippen molar-refractivity contribution in [1.82, 2.24) is 35.3 Å². The number of carbonyl (C=O) groups excluding carboxylic acids is 3. The number of anilines is 1. The van der Waals surface area contributed by atoms with Crippen molar-refractivity contribution in [2.75, 3.05) is 24.5 Å². The highest BCUT2D eigenvalue weighted by Gasteiger charge is 2.45. The molecule has 0 saturated carbocycles. The quantitative estimate of drug-likeness (QED) is 0.118. The number of aliphatic hydroxyl groups is 1. The van der Waals surface area contributed by atoms with Gasteiger partial charge in [0, 0.05) is 47.7 Å². The van der Waals surface area contributed by atoms with E-state index in [-0.39, 0.29) is 37.2 Å². The molecule has 3 aromatic heterocycles. The number of fused-ring (bicyclic) bond motifs is 3. The lowest BCUT2D eigenvalue weighted by molar-refractivity contribution is -0.144. The van der Waals surface area contributed by atoms with E-state index in [2.05, 4.69) is 44.6 Å². The molecule has 0 spiro atoms. The molecule has 2 saturated heterocycles. The predicted octanol–water partition coefficient (Wildman–Crippen LogP) is 6.25. The minimum Gasteiger partial charge on any atom is -0.481 e. The lowest BCUT2D eigenvalue weighted by Gasteiger charge is -2.36. The fourth-order valence-electron chi connectivity index (χ4n) is 9.00. The van der Waals surface area contributed by atoms with Crippen LogP contribution >= 0.6 is 22.7 Å². The summed E-state index contributed by atoms with van der Waals surface area (Å²) in [5.74, 6) is -1.21. The van der Waals surface area contributed by atoms with Crippen molar-refractivity contribution in [1.29, 1.82) is 0 Å². The number of likely N-dealkylation sites (tertiary alicyclic amines) is 1. The summed E-state index contributed by atoms with van der Waals surface area (Å²) >= 11 is 3.19. The summed E-state index contributed by atoms with van der Waals surface area (Å²) < 4.78 is 1.93. The molecule has 4 N–H and O–H groups in total. The lowest BCUT2D eigenvalue weighted by atomic mass is 9.85. The zero-order valence-corrected chi connectivity index (χ0v) is 39.0. The number of aliphatic imine (C=N–C) groups is 1. The topological polar surface area (TPSA) is 195 Å². The van der Waals surface area contributed by atoms with Crippen LogP contribution in [0.2, 0.25) is 0 Å². The number of thiazole rings is 1. The Morgan fingerprint density at radius 1 is 0.922 bits per heavy atom. The second-order valence-electron chi connectivity index (χ2n) is 18.3. The van der Waals surface area contributed by atoms with E-state index in [1.807, 2.05) is 100 Å². The van der Waals surface area contributed by atoms with Gasteiger partial charge in [-0.1, -0.05) is 57.2 Å². The zero-order valence-electron chi connectivity index (χ0n) is 37.4. The molecule has 2 unspecified atom stereocenters. The normalized spacial score (nSPS) is 20.5. The van der Waals surface area contributed by atoms with Gasteiger partial charge >= 0.3 is 5.97 Å². The van der Waals surface area contributed by atoms with Gasteiger partial charge in [0.1, 0.15) is 29.0 Å². The molecule has 64 heavy (non-hydrogen) atoms. The van der Waals surface area contributed by atoms with Crippen molar-refractivity contribution in [2.45, 2.75) is 105 Å². The van der Waals surface area contributed by atoms with Gasteiger partial charge in [-0.05, 0) is 75.3 Å². The summed E-state index contributed by atoms with van der Waals surface area (Å²) in [5.41, 5.74) is 8.49. The number of hydrogen-bond acceptors (Lipinski definition) is 12. The van der Waals surface area contributed by atoms with E-state index in [0.29, 0.717) is 36.9 Å². The molecule has 6 atom stereocenters. The van der Waals surface area contributed by atoms with Gasteiger partial charge in [0.05, 0.1) is 46.3 Å². The minimum atomic E-state index is -0.979. The Hall–Kier alpha value is -5.78. The standard InChI is InChI=1S/C47H55N9O6S2/c1-24-27(4)64-46-38(24)39(50-35(20-37(58)59)42-53-52-28(5)56(42)46)30-13-15-33(16-14-30)54-18-17-32(21-54)43(60)51-41(47(6,7)8)45(62)55-22-34(57)19-36(55)44(61)49-25(2)29-9-11-31(12-10-29)40-26(3)48-23-63-40/h9-16,23,25,32,34-36,41,57H,17-22H2,1-8H3,(H,49,61)(H,51,60)(H,58,59)/t25?,32-,34-,35+,36+,41?/m1/s1. The third-order valence-corrected chi connectivity index (χ3v) is 14.9. The molecule has 2 fully saturated rings. The first-order chi connectivity index (χ1) is 30.4. The Morgan fingerprint density at radius 3 is 2.28 bits per heavy atom. The SMILES string of the molecule is Cc1ncsc1-c1ccc(C(C)NC(=O)[C@@H]2C[C@@H](O)CN2C(=O)C(NC(=O)[C@@H]2CCN(c3ccc(C4=N[C@@H](CC(=O)O)c5nnc(C)n5-c5sc(C)c(C)c54)cc3)C2)C(C)(C)C)cc1. The number of nitrogens with zero attached hydrogens (tertiary/aromatic N) is 7.